The molecule has 4 rings (SSSR count). The molecule has 236 valence electrons. The molecular weight excluding hydrogens is 575 g/mol. The van der Waals surface area contributed by atoms with Crippen LogP contribution in [-0.2, 0) is 16.0 Å². The summed E-state index contributed by atoms with van der Waals surface area (Å²) in [4.78, 5) is 32.6. The van der Waals surface area contributed by atoms with E-state index in [1.165, 1.54) is 15.0 Å². The molecule has 2 aliphatic rings. The lowest BCUT2D eigenvalue weighted by Crippen LogP contribution is -2.50. The van der Waals surface area contributed by atoms with Crippen molar-refractivity contribution in [3.63, 3.8) is 0 Å². The Kier molecular flexibility index (Phi) is 11.0. The Morgan fingerprint density at radius 3 is 2.45 bits per heavy atom. The quantitative estimate of drug-likeness (QED) is 0.0628. The van der Waals surface area contributed by atoms with Crippen molar-refractivity contribution in [1.82, 2.24) is 4.48 Å². The molecule has 3 heterocycles. The SMILES string of the molecule is CCCCC1=[N+]2C(=Cc3ccc(CCCCCCCCC(=O)OCCNc4ccc([N+](=O)[O-])cc4[N+](=O)[O-])n3[B-]2(F)F)C=C1. The minimum atomic E-state index is -3.93. The van der Waals surface area contributed by atoms with Crippen LogP contribution < -0.4 is 5.32 Å². The molecule has 0 saturated carbocycles. The fraction of sp³-hybridized carbons (Fsp3) is 0.467. The van der Waals surface area contributed by atoms with Gasteiger partial charge in [-0.1, -0.05) is 39.0 Å². The van der Waals surface area contributed by atoms with Crippen molar-refractivity contribution < 1.29 is 32.5 Å². The zero-order valence-corrected chi connectivity index (χ0v) is 24.9. The second-order valence-corrected chi connectivity index (χ2v) is 11.1. The van der Waals surface area contributed by atoms with Gasteiger partial charge in [-0.2, -0.15) is 0 Å². The van der Waals surface area contributed by atoms with Gasteiger partial charge in [-0.05, 0) is 49.6 Å². The second-order valence-electron chi connectivity index (χ2n) is 11.1. The number of nitrogens with zero attached hydrogens (tertiary/aromatic N) is 4. The summed E-state index contributed by atoms with van der Waals surface area (Å²) in [6.07, 6.45) is 13.8. The molecule has 0 fully saturated rings. The molecule has 0 bridgehead atoms. The molecule has 0 atom stereocenters. The largest absolute Gasteiger partial charge is 0.737 e. The summed E-state index contributed by atoms with van der Waals surface area (Å²) < 4.78 is 39.1. The molecule has 1 aromatic carbocycles. The van der Waals surface area contributed by atoms with E-state index in [0.29, 0.717) is 42.1 Å². The van der Waals surface area contributed by atoms with Crippen LogP contribution in [0.3, 0.4) is 0 Å². The first-order valence-corrected chi connectivity index (χ1v) is 15.2. The number of carbonyl (C=O) groups excluding carboxylic acids is 1. The predicted molar refractivity (Wildman–Crippen MR) is 165 cm³/mol. The lowest BCUT2D eigenvalue weighted by Gasteiger charge is -2.30. The van der Waals surface area contributed by atoms with Crippen molar-refractivity contribution in [1.29, 1.82) is 0 Å². The number of fused-ring (bicyclic) bond motifs is 2. The summed E-state index contributed by atoms with van der Waals surface area (Å²) in [6, 6.07) is 6.88. The van der Waals surface area contributed by atoms with Crippen LogP contribution >= 0.6 is 0 Å². The average molecular weight is 613 g/mol. The zero-order valence-electron chi connectivity index (χ0n) is 24.9. The van der Waals surface area contributed by atoms with E-state index in [0.717, 1.165) is 57.1 Å². The highest BCUT2D eigenvalue weighted by Crippen LogP contribution is 2.34. The number of nitrogens with one attached hydrogen (secondary N) is 1. The summed E-state index contributed by atoms with van der Waals surface area (Å²) in [5.74, 6) is -0.369. The molecule has 0 radical (unpaired) electrons. The van der Waals surface area contributed by atoms with E-state index in [2.05, 4.69) is 12.2 Å². The van der Waals surface area contributed by atoms with Crippen LogP contribution in [0, 0.1) is 20.2 Å². The van der Waals surface area contributed by atoms with Crippen molar-refractivity contribution in [2.24, 2.45) is 0 Å². The highest BCUT2D eigenvalue weighted by atomic mass is 19.2. The second kappa shape index (κ2) is 14.9. The van der Waals surface area contributed by atoms with E-state index in [1.54, 1.807) is 12.1 Å². The summed E-state index contributed by atoms with van der Waals surface area (Å²) in [5.41, 5.74) is 1.74. The van der Waals surface area contributed by atoms with Crippen LogP contribution in [0.25, 0.3) is 6.08 Å². The molecule has 0 amide bonds. The van der Waals surface area contributed by atoms with Gasteiger partial charge in [0.1, 0.15) is 18.0 Å². The van der Waals surface area contributed by atoms with E-state index in [4.69, 9.17) is 4.74 Å². The van der Waals surface area contributed by atoms with E-state index in [-0.39, 0.29) is 36.9 Å². The molecule has 11 nitrogen and oxygen atoms in total. The maximum absolute atomic E-state index is 15.7. The lowest BCUT2D eigenvalue weighted by atomic mass is 9.90. The van der Waals surface area contributed by atoms with Crippen LogP contribution in [0.1, 0.15) is 82.5 Å². The summed E-state index contributed by atoms with van der Waals surface area (Å²) in [7, 11) is 0. The monoisotopic (exact) mass is 613 g/mol. The van der Waals surface area contributed by atoms with Crippen LogP contribution in [0.15, 0.2) is 48.2 Å². The van der Waals surface area contributed by atoms with Gasteiger partial charge in [0, 0.05) is 49.4 Å². The number of nitro benzene ring substituents is 2. The molecule has 1 aromatic heterocycles. The van der Waals surface area contributed by atoms with Crippen LogP contribution in [0.5, 0.6) is 0 Å². The van der Waals surface area contributed by atoms with Gasteiger partial charge < -0.3 is 27.6 Å². The van der Waals surface area contributed by atoms with Gasteiger partial charge in [0.2, 0.25) is 0 Å². The van der Waals surface area contributed by atoms with E-state index in [1.807, 2.05) is 18.2 Å². The van der Waals surface area contributed by atoms with E-state index in [9.17, 15) is 25.0 Å². The number of aryl methyl sites for hydroxylation is 1. The number of ether oxygens (including phenoxy) is 1. The molecule has 0 saturated heterocycles. The number of carbonyl (C=O) groups is 1. The van der Waals surface area contributed by atoms with Gasteiger partial charge in [-0.25, -0.2) is 0 Å². The first-order valence-electron chi connectivity index (χ1n) is 15.2. The first kappa shape index (κ1) is 32.6. The normalized spacial score (nSPS) is 14.7. The Labute approximate surface area is 254 Å². The van der Waals surface area contributed by atoms with Crippen molar-refractivity contribution in [3.8, 4) is 0 Å². The fourth-order valence-corrected chi connectivity index (χ4v) is 5.68. The number of aromatic nitrogens is 1. The van der Waals surface area contributed by atoms with Crippen LogP contribution in [0.2, 0.25) is 0 Å². The van der Waals surface area contributed by atoms with Gasteiger partial charge in [0.05, 0.1) is 15.9 Å². The van der Waals surface area contributed by atoms with E-state index >= 15 is 8.63 Å². The molecule has 14 heteroatoms. The van der Waals surface area contributed by atoms with E-state index < -0.39 is 22.5 Å². The van der Waals surface area contributed by atoms with Gasteiger partial charge >= 0.3 is 12.9 Å². The average Bonchev–Trinajstić information content (AvgIpc) is 3.60. The Morgan fingerprint density at radius 1 is 0.977 bits per heavy atom. The van der Waals surface area contributed by atoms with Gasteiger partial charge in [-0.15, -0.1) is 0 Å². The zero-order chi connectivity index (χ0) is 31.7. The third-order valence-corrected chi connectivity index (χ3v) is 7.90. The maximum atomic E-state index is 15.7. The third-order valence-electron chi connectivity index (χ3n) is 7.90. The van der Waals surface area contributed by atoms with Crippen molar-refractivity contribution in [2.45, 2.75) is 77.6 Å². The van der Waals surface area contributed by atoms with Gasteiger partial charge in [0.15, 0.2) is 5.70 Å². The Balaban J connectivity index is 1.11. The predicted octanol–water partition coefficient (Wildman–Crippen LogP) is 7.02. The first-order chi connectivity index (χ1) is 21.1. The number of hydrogen-bond donors (Lipinski definition) is 1. The van der Waals surface area contributed by atoms with Crippen molar-refractivity contribution in [2.75, 3.05) is 18.5 Å². The number of rotatable bonds is 18. The van der Waals surface area contributed by atoms with Gasteiger partial charge in [0.25, 0.3) is 11.4 Å². The lowest BCUT2D eigenvalue weighted by molar-refractivity contribution is -0.393. The standard InChI is InChI=1S/C30H38BF2N5O6/c1-2-3-10-23-13-15-25-21-26-16-14-24(36(26)31(32,33)35(23)25)11-8-6-4-5-7-9-12-30(39)44-20-19-34-28-18-17-27(37(40)41)22-29(28)38(42)43/h13-18,21-22,34H,2-12,19-20H2,1H3. The molecular formula is C30H38BF2N5O6. The molecule has 0 unspecified atom stereocenters. The minimum Gasteiger partial charge on any atom is -0.464 e. The van der Waals surface area contributed by atoms with Crippen molar-refractivity contribution >= 4 is 41.8 Å². The van der Waals surface area contributed by atoms with Crippen molar-refractivity contribution in [3.05, 3.63) is 79.8 Å². The van der Waals surface area contributed by atoms with Crippen LogP contribution in [0.4, 0.5) is 25.7 Å². The maximum Gasteiger partial charge on any atom is 0.737 e. The number of anilines is 1. The topological polar surface area (TPSA) is 133 Å². The highest BCUT2D eigenvalue weighted by Gasteiger charge is 2.52. The highest BCUT2D eigenvalue weighted by molar-refractivity contribution is 6.58. The number of nitro groups is 2. The molecule has 0 spiro atoms. The number of allylic oxidation sites excluding steroid dienone is 2. The smallest absolute Gasteiger partial charge is 0.464 e. The third kappa shape index (κ3) is 7.77. The number of halogens is 2. The Hall–Kier alpha value is -4.36. The number of unbranched alkanes of at least 4 members (excludes halogenated alkanes) is 6. The minimum absolute atomic E-state index is 0.000205. The fourth-order valence-electron chi connectivity index (χ4n) is 5.68. The number of hydrogen-bond acceptors (Lipinski definition) is 7. The number of benzene rings is 1. The molecule has 1 N–H and O–H groups in total. The number of non-ortho nitro benzene ring substituents is 1. The Bertz CT molecular complexity index is 1490. The molecule has 44 heavy (non-hydrogen) atoms. The van der Waals surface area contributed by atoms with Crippen LogP contribution in [-0.4, -0.2) is 50.6 Å². The van der Waals surface area contributed by atoms with Gasteiger partial charge in [-0.3, -0.25) is 25.0 Å². The Morgan fingerprint density at radius 2 is 1.73 bits per heavy atom. The summed E-state index contributed by atoms with van der Waals surface area (Å²) in [6.45, 7) is -1.76. The number of esters is 1. The summed E-state index contributed by atoms with van der Waals surface area (Å²) in [5, 5.41) is 24.8. The molecule has 0 aliphatic carbocycles. The molecule has 2 aliphatic heterocycles. The molecule has 2 aromatic rings. The summed E-state index contributed by atoms with van der Waals surface area (Å²) >= 11 is 0.